The Hall–Kier alpha value is -2.41. The van der Waals surface area contributed by atoms with Gasteiger partial charge in [0.2, 0.25) is 0 Å². The fourth-order valence-electron chi connectivity index (χ4n) is 3.34. The van der Waals surface area contributed by atoms with Crippen LogP contribution in [0, 0.1) is 13.8 Å². The molecule has 0 radical (unpaired) electrons. The van der Waals surface area contributed by atoms with Crippen molar-refractivity contribution in [3.63, 3.8) is 0 Å². The van der Waals surface area contributed by atoms with Gasteiger partial charge in [-0.3, -0.25) is 4.79 Å². The van der Waals surface area contributed by atoms with Crippen LogP contribution in [-0.4, -0.2) is 44.9 Å². The maximum atomic E-state index is 12.8. The van der Waals surface area contributed by atoms with E-state index in [-0.39, 0.29) is 18.0 Å². The highest BCUT2D eigenvalue weighted by molar-refractivity contribution is 7.98. The second-order valence-electron chi connectivity index (χ2n) is 7.86. The third kappa shape index (κ3) is 6.29. The van der Waals surface area contributed by atoms with E-state index in [0.717, 1.165) is 17.0 Å². The lowest BCUT2D eigenvalue weighted by molar-refractivity contribution is -0.143. The largest absolute Gasteiger partial charge is 0.449 e. The molecule has 0 aliphatic heterocycles. The van der Waals surface area contributed by atoms with Crippen molar-refractivity contribution in [2.75, 3.05) is 0 Å². The molecule has 2 aromatic rings. The number of nitrogens with zero attached hydrogens (tertiary/aromatic N) is 3. The van der Waals surface area contributed by atoms with Gasteiger partial charge in [-0.1, -0.05) is 30.0 Å². The SMILES string of the molecule is Cc1cc(C)nc(SCc2ccccc2C(=O)O[C@H](C)C(=O)N(C(C)C)C(C)C)n1. The maximum absolute atomic E-state index is 12.8. The third-order valence-electron chi connectivity index (χ3n) is 4.55. The van der Waals surface area contributed by atoms with Crippen molar-refractivity contribution in [2.24, 2.45) is 0 Å². The number of carbonyl (C=O) groups excluding carboxylic acids is 2. The molecule has 2 rings (SSSR count). The monoisotopic (exact) mass is 429 g/mol. The number of hydrogen-bond acceptors (Lipinski definition) is 6. The molecular weight excluding hydrogens is 398 g/mol. The number of ether oxygens (including phenoxy) is 1. The highest BCUT2D eigenvalue weighted by atomic mass is 32.2. The number of aryl methyl sites for hydroxylation is 2. The molecule has 1 aromatic carbocycles. The van der Waals surface area contributed by atoms with Gasteiger partial charge in [-0.05, 0) is 66.2 Å². The zero-order valence-electron chi connectivity index (χ0n) is 18.8. The third-order valence-corrected chi connectivity index (χ3v) is 5.45. The summed E-state index contributed by atoms with van der Waals surface area (Å²) in [5.41, 5.74) is 3.09. The average Bonchev–Trinajstić information content (AvgIpc) is 2.65. The van der Waals surface area contributed by atoms with Crippen molar-refractivity contribution in [1.29, 1.82) is 0 Å². The normalized spacial score (nSPS) is 12.2. The Morgan fingerprint density at radius 3 is 2.13 bits per heavy atom. The molecule has 6 nitrogen and oxygen atoms in total. The number of amides is 1. The van der Waals surface area contributed by atoms with Gasteiger partial charge in [-0.15, -0.1) is 0 Å². The molecule has 0 bridgehead atoms. The first kappa shape index (κ1) is 23.9. The summed E-state index contributed by atoms with van der Waals surface area (Å²) in [6.45, 7) is 13.3. The lowest BCUT2D eigenvalue weighted by Crippen LogP contribution is -2.47. The van der Waals surface area contributed by atoms with E-state index >= 15 is 0 Å². The summed E-state index contributed by atoms with van der Waals surface area (Å²) in [7, 11) is 0. The Labute approximate surface area is 183 Å². The fourth-order valence-corrected chi connectivity index (χ4v) is 4.29. The highest BCUT2D eigenvalue weighted by Crippen LogP contribution is 2.23. The molecule has 0 unspecified atom stereocenters. The van der Waals surface area contributed by atoms with Crippen LogP contribution in [-0.2, 0) is 15.3 Å². The highest BCUT2D eigenvalue weighted by Gasteiger charge is 2.28. The zero-order valence-corrected chi connectivity index (χ0v) is 19.6. The summed E-state index contributed by atoms with van der Waals surface area (Å²) in [6.07, 6.45) is -0.856. The van der Waals surface area contributed by atoms with E-state index < -0.39 is 12.1 Å². The Bertz CT molecular complexity index is 871. The van der Waals surface area contributed by atoms with Crippen molar-refractivity contribution in [3.05, 3.63) is 52.8 Å². The molecule has 162 valence electrons. The number of hydrogen-bond donors (Lipinski definition) is 0. The molecule has 7 heteroatoms. The van der Waals surface area contributed by atoms with Crippen molar-refractivity contribution in [2.45, 2.75) is 77.6 Å². The maximum Gasteiger partial charge on any atom is 0.339 e. The van der Waals surface area contributed by atoms with E-state index in [1.807, 2.05) is 59.7 Å². The van der Waals surface area contributed by atoms with Crippen LogP contribution < -0.4 is 0 Å². The van der Waals surface area contributed by atoms with Crippen molar-refractivity contribution in [1.82, 2.24) is 14.9 Å². The number of benzene rings is 1. The number of aromatic nitrogens is 2. The van der Waals surface area contributed by atoms with Gasteiger partial charge in [0.1, 0.15) is 0 Å². The van der Waals surface area contributed by atoms with Crippen LogP contribution in [0.4, 0.5) is 0 Å². The van der Waals surface area contributed by atoms with Crippen molar-refractivity contribution in [3.8, 4) is 0 Å². The van der Waals surface area contributed by atoms with Gasteiger partial charge >= 0.3 is 5.97 Å². The molecule has 1 aromatic heterocycles. The summed E-state index contributed by atoms with van der Waals surface area (Å²) >= 11 is 1.47. The Kier molecular flexibility index (Phi) is 8.41. The molecule has 0 N–H and O–H groups in total. The molecule has 0 aliphatic carbocycles. The minimum absolute atomic E-state index is 0.0279. The van der Waals surface area contributed by atoms with E-state index in [0.29, 0.717) is 16.5 Å². The van der Waals surface area contributed by atoms with Crippen LogP contribution in [0.5, 0.6) is 0 Å². The number of esters is 1. The number of thioether (sulfide) groups is 1. The molecular formula is C23H31N3O3S. The van der Waals surface area contributed by atoms with Gasteiger partial charge in [0.25, 0.3) is 5.91 Å². The predicted octanol–water partition coefficient (Wildman–Crippen LogP) is 4.58. The summed E-state index contributed by atoms with van der Waals surface area (Å²) in [6, 6.07) is 9.25. The topological polar surface area (TPSA) is 72.4 Å². The van der Waals surface area contributed by atoms with Gasteiger partial charge < -0.3 is 9.64 Å². The lowest BCUT2D eigenvalue weighted by atomic mass is 10.1. The lowest BCUT2D eigenvalue weighted by Gasteiger charge is -2.32. The van der Waals surface area contributed by atoms with E-state index in [2.05, 4.69) is 9.97 Å². The molecule has 30 heavy (non-hydrogen) atoms. The Morgan fingerprint density at radius 1 is 1.00 bits per heavy atom. The molecule has 0 fully saturated rings. The molecule has 0 saturated heterocycles. The second-order valence-corrected chi connectivity index (χ2v) is 8.80. The first-order valence-corrected chi connectivity index (χ1v) is 11.1. The van der Waals surface area contributed by atoms with Crippen LogP contribution >= 0.6 is 11.8 Å². The average molecular weight is 430 g/mol. The fraction of sp³-hybridized carbons (Fsp3) is 0.478. The minimum atomic E-state index is -0.856. The van der Waals surface area contributed by atoms with Crippen molar-refractivity contribution < 1.29 is 14.3 Å². The van der Waals surface area contributed by atoms with E-state index in [9.17, 15) is 9.59 Å². The summed E-state index contributed by atoms with van der Waals surface area (Å²) in [5, 5.41) is 0.670. The molecule has 0 saturated carbocycles. The van der Waals surface area contributed by atoms with E-state index in [4.69, 9.17) is 4.74 Å². The predicted molar refractivity (Wildman–Crippen MR) is 120 cm³/mol. The summed E-state index contributed by atoms with van der Waals surface area (Å²) < 4.78 is 5.54. The van der Waals surface area contributed by atoms with Crippen LogP contribution in [0.25, 0.3) is 0 Å². The first-order chi connectivity index (χ1) is 14.1. The van der Waals surface area contributed by atoms with Gasteiger partial charge in [0.15, 0.2) is 11.3 Å². The van der Waals surface area contributed by atoms with Crippen LogP contribution in [0.2, 0.25) is 0 Å². The Balaban J connectivity index is 2.12. The van der Waals surface area contributed by atoms with Crippen LogP contribution in [0.3, 0.4) is 0 Å². The smallest absolute Gasteiger partial charge is 0.339 e. The second kappa shape index (κ2) is 10.6. The van der Waals surface area contributed by atoms with Crippen LogP contribution in [0.15, 0.2) is 35.5 Å². The van der Waals surface area contributed by atoms with Gasteiger partial charge in [0, 0.05) is 29.2 Å². The number of rotatable bonds is 8. The van der Waals surface area contributed by atoms with Crippen molar-refractivity contribution >= 4 is 23.6 Å². The van der Waals surface area contributed by atoms with E-state index in [1.54, 1.807) is 24.0 Å². The zero-order chi connectivity index (χ0) is 22.4. The van der Waals surface area contributed by atoms with Gasteiger partial charge in [-0.2, -0.15) is 0 Å². The Morgan fingerprint density at radius 2 is 1.57 bits per heavy atom. The quantitative estimate of drug-likeness (QED) is 0.348. The van der Waals surface area contributed by atoms with Crippen LogP contribution in [0.1, 0.15) is 61.9 Å². The molecule has 0 aliphatic rings. The molecule has 1 heterocycles. The van der Waals surface area contributed by atoms with Gasteiger partial charge in [-0.25, -0.2) is 14.8 Å². The van der Waals surface area contributed by atoms with Gasteiger partial charge in [0.05, 0.1) is 5.56 Å². The summed E-state index contributed by atoms with van der Waals surface area (Å²) in [5.74, 6) is -0.162. The molecule has 0 spiro atoms. The summed E-state index contributed by atoms with van der Waals surface area (Å²) in [4.78, 5) is 36.2. The van der Waals surface area contributed by atoms with E-state index in [1.165, 1.54) is 11.8 Å². The standard InChI is InChI=1S/C23H31N3O3S/c1-14(2)26(15(3)4)21(27)18(7)29-22(28)20-11-9-8-10-19(20)13-30-23-24-16(5)12-17(6)25-23/h8-12,14-15,18H,13H2,1-7H3/t18-/m1/s1. The molecule has 1 atom stereocenters. The first-order valence-electron chi connectivity index (χ1n) is 10.2. The molecule has 1 amide bonds. The minimum Gasteiger partial charge on any atom is -0.449 e. The number of carbonyl (C=O) groups is 2.